The van der Waals surface area contributed by atoms with Crippen LogP contribution in [0.2, 0.25) is 5.02 Å². The number of sulfonamides is 1. The molecule has 8 heteroatoms. The minimum atomic E-state index is -3.97. The summed E-state index contributed by atoms with van der Waals surface area (Å²) in [5.74, 6) is -0.582. The molecule has 0 saturated carbocycles. The summed E-state index contributed by atoms with van der Waals surface area (Å²) in [4.78, 5) is 12.7. The van der Waals surface area contributed by atoms with Crippen LogP contribution in [0, 0.1) is 13.8 Å². The van der Waals surface area contributed by atoms with Crippen molar-refractivity contribution in [2.75, 3.05) is 10.8 Å². The number of anilines is 1. The number of carbonyl (C=O) groups excluding carboxylic acids is 1. The molecule has 0 aliphatic heterocycles. The first-order valence-electron chi connectivity index (χ1n) is 9.50. The van der Waals surface area contributed by atoms with Crippen molar-refractivity contribution in [1.29, 1.82) is 0 Å². The molecule has 3 aromatic rings. The lowest BCUT2D eigenvalue weighted by molar-refractivity contribution is -0.119. The molecule has 0 heterocycles. The number of hydrogen-bond acceptors (Lipinski definition) is 4. The quantitative estimate of drug-likeness (QED) is 0.426. The minimum absolute atomic E-state index is 0.0986. The lowest BCUT2D eigenvalue weighted by atomic mass is 10.1. The fourth-order valence-corrected chi connectivity index (χ4v) is 4.66. The summed E-state index contributed by atoms with van der Waals surface area (Å²) in [5.41, 5.74) is 5.20. The molecule has 1 N–H and O–H groups in total. The van der Waals surface area contributed by atoms with Crippen molar-refractivity contribution < 1.29 is 13.2 Å². The number of nitrogens with zero attached hydrogens (tertiary/aromatic N) is 2. The number of amides is 1. The molecule has 1 amide bonds. The number of rotatable bonds is 7. The maximum atomic E-state index is 13.3. The number of hydrazone groups is 1. The monoisotopic (exact) mass is 455 g/mol. The fourth-order valence-electron chi connectivity index (χ4n) is 3.05. The zero-order valence-corrected chi connectivity index (χ0v) is 18.7. The van der Waals surface area contributed by atoms with E-state index < -0.39 is 22.5 Å². The molecular weight excluding hydrogens is 434 g/mol. The Balaban J connectivity index is 1.88. The summed E-state index contributed by atoms with van der Waals surface area (Å²) in [6.45, 7) is 3.32. The topological polar surface area (TPSA) is 78.8 Å². The first kappa shape index (κ1) is 22.5. The second kappa shape index (κ2) is 9.76. The maximum absolute atomic E-state index is 13.3. The van der Waals surface area contributed by atoms with E-state index in [0.717, 1.165) is 15.4 Å². The van der Waals surface area contributed by atoms with E-state index in [1.807, 2.05) is 19.9 Å². The van der Waals surface area contributed by atoms with Gasteiger partial charge in [-0.25, -0.2) is 13.8 Å². The Morgan fingerprint density at radius 1 is 1.00 bits per heavy atom. The van der Waals surface area contributed by atoms with E-state index in [-0.39, 0.29) is 4.90 Å². The standard InChI is InChI=1S/C23H22ClN3O3S/c1-17-12-18(2)14-20(13-17)27(31(29,30)21-9-4-3-5-10-21)16-23(28)26-25-15-19-8-6-7-11-22(19)24/h3-15H,16H2,1-2H3,(H,26,28)/b25-15-. The molecule has 0 unspecified atom stereocenters. The zero-order valence-electron chi connectivity index (χ0n) is 17.1. The summed E-state index contributed by atoms with van der Waals surface area (Å²) in [6.07, 6.45) is 1.41. The number of halogens is 1. The van der Waals surface area contributed by atoms with Gasteiger partial charge in [0.2, 0.25) is 0 Å². The number of aryl methyl sites for hydroxylation is 2. The number of carbonyl (C=O) groups is 1. The van der Waals surface area contributed by atoms with Crippen molar-refractivity contribution in [3.05, 3.63) is 94.5 Å². The Kier molecular flexibility index (Phi) is 7.09. The minimum Gasteiger partial charge on any atom is -0.271 e. The van der Waals surface area contributed by atoms with E-state index in [9.17, 15) is 13.2 Å². The predicted octanol–water partition coefficient (Wildman–Crippen LogP) is 4.30. The molecule has 0 spiro atoms. The largest absolute Gasteiger partial charge is 0.271 e. The Hall–Kier alpha value is -3.16. The van der Waals surface area contributed by atoms with Crippen molar-refractivity contribution in [3.63, 3.8) is 0 Å². The lowest BCUT2D eigenvalue weighted by Crippen LogP contribution is -2.39. The number of hydrogen-bond donors (Lipinski definition) is 1. The molecule has 0 atom stereocenters. The summed E-state index contributed by atoms with van der Waals surface area (Å²) < 4.78 is 27.7. The van der Waals surface area contributed by atoms with E-state index in [1.54, 1.807) is 54.6 Å². The normalized spacial score (nSPS) is 11.5. The Morgan fingerprint density at radius 3 is 2.26 bits per heavy atom. The van der Waals surface area contributed by atoms with E-state index in [4.69, 9.17) is 11.6 Å². The third kappa shape index (κ3) is 5.71. The second-order valence-corrected chi connectivity index (χ2v) is 9.25. The predicted molar refractivity (Wildman–Crippen MR) is 124 cm³/mol. The molecule has 0 aliphatic rings. The second-order valence-electron chi connectivity index (χ2n) is 6.99. The fraction of sp³-hybridized carbons (Fsp3) is 0.130. The molecule has 6 nitrogen and oxygen atoms in total. The lowest BCUT2D eigenvalue weighted by Gasteiger charge is -2.24. The molecule has 0 radical (unpaired) electrons. The molecule has 0 bridgehead atoms. The highest BCUT2D eigenvalue weighted by Crippen LogP contribution is 2.25. The molecule has 160 valence electrons. The van der Waals surface area contributed by atoms with Crippen LogP contribution in [-0.4, -0.2) is 27.1 Å². The van der Waals surface area contributed by atoms with Gasteiger partial charge in [-0.2, -0.15) is 5.10 Å². The average Bonchev–Trinajstić information content (AvgIpc) is 2.73. The third-order valence-corrected chi connectivity index (χ3v) is 6.54. The van der Waals surface area contributed by atoms with Gasteiger partial charge in [0.15, 0.2) is 0 Å². The van der Waals surface area contributed by atoms with Crippen molar-refractivity contribution in [1.82, 2.24) is 5.43 Å². The van der Waals surface area contributed by atoms with Crippen molar-refractivity contribution in [2.24, 2.45) is 5.10 Å². The van der Waals surface area contributed by atoms with Crippen LogP contribution in [0.3, 0.4) is 0 Å². The van der Waals surface area contributed by atoms with Gasteiger partial charge in [-0.15, -0.1) is 0 Å². The first-order chi connectivity index (χ1) is 14.8. The Labute approximate surface area is 187 Å². The summed E-state index contributed by atoms with van der Waals surface area (Å²) in [6, 6.07) is 20.4. The smallest absolute Gasteiger partial charge is 0.264 e. The number of benzene rings is 3. The summed E-state index contributed by atoms with van der Waals surface area (Å²) in [7, 11) is -3.97. The van der Waals surface area contributed by atoms with Gasteiger partial charge in [-0.3, -0.25) is 9.10 Å². The van der Waals surface area contributed by atoms with Crippen LogP contribution in [0.25, 0.3) is 0 Å². The van der Waals surface area contributed by atoms with Crippen LogP contribution in [0.15, 0.2) is 82.8 Å². The maximum Gasteiger partial charge on any atom is 0.264 e. The number of nitrogens with one attached hydrogen (secondary N) is 1. The summed E-state index contributed by atoms with van der Waals surface area (Å²) in [5, 5.41) is 4.40. The van der Waals surface area contributed by atoms with Crippen LogP contribution in [0.1, 0.15) is 16.7 Å². The van der Waals surface area contributed by atoms with Gasteiger partial charge in [0.1, 0.15) is 6.54 Å². The average molecular weight is 456 g/mol. The van der Waals surface area contributed by atoms with Crippen molar-refractivity contribution in [2.45, 2.75) is 18.7 Å². The van der Waals surface area contributed by atoms with Crippen molar-refractivity contribution in [3.8, 4) is 0 Å². The third-order valence-electron chi connectivity index (χ3n) is 4.41. The van der Waals surface area contributed by atoms with Gasteiger partial charge in [0, 0.05) is 10.6 Å². The molecule has 31 heavy (non-hydrogen) atoms. The van der Waals surface area contributed by atoms with Crippen LogP contribution >= 0.6 is 11.6 Å². The molecule has 0 saturated heterocycles. The molecule has 0 aromatic heterocycles. The van der Waals surface area contributed by atoms with Gasteiger partial charge >= 0.3 is 0 Å². The Morgan fingerprint density at radius 2 is 1.61 bits per heavy atom. The molecule has 0 aliphatic carbocycles. The van der Waals surface area contributed by atoms with Crippen LogP contribution < -0.4 is 9.73 Å². The highest BCUT2D eigenvalue weighted by Gasteiger charge is 2.27. The summed E-state index contributed by atoms with van der Waals surface area (Å²) >= 11 is 6.07. The van der Waals surface area contributed by atoms with E-state index >= 15 is 0 Å². The Bertz CT molecular complexity index is 1190. The van der Waals surface area contributed by atoms with E-state index in [0.29, 0.717) is 16.3 Å². The van der Waals surface area contributed by atoms with E-state index in [2.05, 4.69) is 10.5 Å². The van der Waals surface area contributed by atoms with Gasteiger partial charge < -0.3 is 0 Å². The van der Waals surface area contributed by atoms with Gasteiger partial charge in [0.05, 0.1) is 16.8 Å². The highest BCUT2D eigenvalue weighted by molar-refractivity contribution is 7.92. The molecule has 0 fully saturated rings. The van der Waals surface area contributed by atoms with Gasteiger partial charge in [-0.05, 0) is 55.3 Å². The van der Waals surface area contributed by atoms with Crippen LogP contribution in [0.5, 0.6) is 0 Å². The highest BCUT2D eigenvalue weighted by atomic mass is 35.5. The van der Waals surface area contributed by atoms with Crippen LogP contribution in [0.4, 0.5) is 5.69 Å². The molecule has 3 aromatic carbocycles. The molecule has 3 rings (SSSR count). The van der Waals surface area contributed by atoms with E-state index in [1.165, 1.54) is 18.3 Å². The van der Waals surface area contributed by atoms with Gasteiger partial charge in [-0.1, -0.05) is 54.1 Å². The zero-order chi connectivity index (χ0) is 22.4. The van der Waals surface area contributed by atoms with Crippen LogP contribution in [-0.2, 0) is 14.8 Å². The van der Waals surface area contributed by atoms with Gasteiger partial charge in [0.25, 0.3) is 15.9 Å². The molecular formula is C23H22ClN3O3S. The van der Waals surface area contributed by atoms with Crippen molar-refractivity contribution >= 4 is 39.4 Å². The SMILES string of the molecule is Cc1cc(C)cc(N(CC(=O)N/N=C\c2ccccc2Cl)S(=O)(=O)c2ccccc2)c1. The first-order valence-corrected chi connectivity index (χ1v) is 11.3.